The minimum Gasteiger partial charge on any atom is -0.492 e. The third-order valence-corrected chi connectivity index (χ3v) is 3.71. The van der Waals surface area contributed by atoms with E-state index in [0.29, 0.717) is 30.5 Å². The van der Waals surface area contributed by atoms with E-state index in [9.17, 15) is 8.42 Å². The summed E-state index contributed by atoms with van der Waals surface area (Å²) in [6, 6.07) is 14.5. The maximum atomic E-state index is 11.2. The first-order valence-electron chi connectivity index (χ1n) is 7.66. The lowest BCUT2D eigenvalue weighted by molar-refractivity contribution is 0.329. The Morgan fingerprint density at radius 3 is 2.50 bits per heavy atom. The minimum absolute atomic E-state index is 0. The number of aryl methyl sites for hydroxylation is 1. The average molecular weight is 490 g/mol. The number of halogens is 1. The van der Waals surface area contributed by atoms with Crippen molar-refractivity contribution in [3.05, 3.63) is 54.1 Å². The highest BCUT2D eigenvalue weighted by Crippen LogP contribution is 2.18. The van der Waals surface area contributed by atoms with Crippen LogP contribution in [0, 0.1) is 6.92 Å². The normalized spacial score (nSPS) is 11.4. The summed E-state index contributed by atoms with van der Waals surface area (Å²) in [7, 11) is -3.32. The Morgan fingerprint density at radius 2 is 1.85 bits per heavy atom. The number of hydrogen-bond acceptors (Lipinski definition) is 4. The molecule has 4 N–H and O–H groups in total. The van der Waals surface area contributed by atoms with Crippen LogP contribution in [0.5, 0.6) is 5.75 Å². The summed E-state index contributed by atoms with van der Waals surface area (Å²) in [6.07, 6.45) is 1.10. The maximum Gasteiger partial charge on any atom is 0.229 e. The molecule has 2 rings (SSSR count). The van der Waals surface area contributed by atoms with E-state index in [0.717, 1.165) is 11.9 Å². The second kappa shape index (κ2) is 10.2. The van der Waals surface area contributed by atoms with Gasteiger partial charge in [-0.2, -0.15) is 0 Å². The van der Waals surface area contributed by atoms with Gasteiger partial charge in [0.15, 0.2) is 5.96 Å². The summed E-state index contributed by atoms with van der Waals surface area (Å²) in [6.45, 7) is 2.70. The number of ether oxygens (including phenoxy) is 1. The van der Waals surface area contributed by atoms with Crippen LogP contribution in [-0.4, -0.2) is 33.8 Å². The number of nitrogens with zero attached hydrogens (tertiary/aromatic N) is 1. The fraction of sp³-hybridized carbons (Fsp3) is 0.235. The summed E-state index contributed by atoms with van der Waals surface area (Å²) in [5.74, 6) is 0.855. The molecule has 0 aliphatic carbocycles. The highest BCUT2D eigenvalue weighted by Gasteiger charge is 2.03. The number of nitrogens with one attached hydrogen (secondary N) is 2. The first-order valence-corrected chi connectivity index (χ1v) is 9.55. The molecule has 9 heteroatoms. The van der Waals surface area contributed by atoms with Crippen molar-refractivity contribution in [1.29, 1.82) is 0 Å². The molecule has 0 fully saturated rings. The van der Waals surface area contributed by atoms with E-state index in [1.54, 1.807) is 24.3 Å². The summed E-state index contributed by atoms with van der Waals surface area (Å²) in [4.78, 5) is 4.19. The fourth-order valence-electron chi connectivity index (χ4n) is 2.02. The Labute approximate surface area is 171 Å². The highest BCUT2D eigenvalue weighted by atomic mass is 127. The summed E-state index contributed by atoms with van der Waals surface area (Å²) >= 11 is 0. The van der Waals surface area contributed by atoms with Gasteiger partial charge in [0.25, 0.3) is 0 Å². The van der Waals surface area contributed by atoms with Gasteiger partial charge in [-0.1, -0.05) is 23.8 Å². The van der Waals surface area contributed by atoms with E-state index in [2.05, 4.69) is 15.0 Å². The molecule has 0 heterocycles. The molecule has 0 spiro atoms. The molecule has 0 aliphatic heterocycles. The van der Waals surface area contributed by atoms with Crippen LogP contribution in [0.4, 0.5) is 11.4 Å². The van der Waals surface area contributed by atoms with Gasteiger partial charge in [0.05, 0.1) is 18.5 Å². The molecule has 0 saturated carbocycles. The molecule has 7 nitrogen and oxygen atoms in total. The summed E-state index contributed by atoms with van der Waals surface area (Å²) in [5.41, 5.74) is 8.31. The Hall–Kier alpha value is -2.01. The molecule has 0 saturated heterocycles. The van der Waals surface area contributed by atoms with Crippen molar-refractivity contribution in [3.8, 4) is 5.75 Å². The van der Waals surface area contributed by atoms with E-state index in [1.807, 2.05) is 31.2 Å². The van der Waals surface area contributed by atoms with E-state index in [-0.39, 0.29) is 24.0 Å². The number of anilines is 2. The second-order valence-corrected chi connectivity index (χ2v) is 7.26. The molecule has 142 valence electrons. The molecule has 2 aromatic rings. The lowest BCUT2D eigenvalue weighted by atomic mass is 10.2. The molecule has 0 radical (unpaired) electrons. The van der Waals surface area contributed by atoms with Crippen molar-refractivity contribution in [2.75, 3.05) is 29.4 Å². The molecule has 0 aromatic heterocycles. The van der Waals surface area contributed by atoms with Gasteiger partial charge in [-0.25, -0.2) is 13.4 Å². The fourth-order valence-corrected chi connectivity index (χ4v) is 2.57. The quantitative estimate of drug-likeness (QED) is 0.240. The zero-order valence-electron chi connectivity index (χ0n) is 14.6. The van der Waals surface area contributed by atoms with Gasteiger partial charge in [-0.15, -0.1) is 24.0 Å². The number of nitrogens with two attached hydrogens (primary N) is 1. The van der Waals surface area contributed by atoms with Crippen molar-refractivity contribution >= 4 is 51.3 Å². The minimum atomic E-state index is -3.32. The lowest BCUT2D eigenvalue weighted by Crippen LogP contribution is -2.23. The molecule has 0 aliphatic rings. The van der Waals surface area contributed by atoms with Crippen LogP contribution in [0.3, 0.4) is 0 Å². The number of rotatable bonds is 7. The van der Waals surface area contributed by atoms with Crippen molar-refractivity contribution in [1.82, 2.24) is 0 Å². The number of aliphatic imine (C=N–C) groups is 1. The summed E-state index contributed by atoms with van der Waals surface area (Å²) < 4.78 is 30.4. The molecular formula is C17H23IN4O3S. The van der Waals surface area contributed by atoms with Crippen LogP contribution in [0.1, 0.15) is 5.56 Å². The Kier molecular flexibility index (Phi) is 8.66. The average Bonchev–Trinajstić information content (AvgIpc) is 2.53. The Balaban J connectivity index is 0.00000338. The van der Waals surface area contributed by atoms with Crippen molar-refractivity contribution in [2.24, 2.45) is 10.7 Å². The molecule has 0 unspecified atom stereocenters. The van der Waals surface area contributed by atoms with Crippen LogP contribution in [0.15, 0.2) is 53.5 Å². The molecule has 26 heavy (non-hydrogen) atoms. The molecule has 0 amide bonds. The van der Waals surface area contributed by atoms with Gasteiger partial charge in [0.2, 0.25) is 10.0 Å². The van der Waals surface area contributed by atoms with Gasteiger partial charge in [0.1, 0.15) is 12.4 Å². The van der Waals surface area contributed by atoms with Crippen molar-refractivity contribution in [3.63, 3.8) is 0 Å². The van der Waals surface area contributed by atoms with Gasteiger partial charge < -0.3 is 15.8 Å². The van der Waals surface area contributed by atoms with Crippen molar-refractivity contribution in [2.45, 2.75) is 6.92 Å². The van der Waals surface area contributed by atoms with Crippen molar-refractivity contribution < 1.29 is 13.2 Å². The van der Waals surface area contributed by atoms with E-state index >= 15 is 0 Å². The lowest BCUT2D eigenvalue weighted by Gasteiger charge is -2.09. The maximum absolute atomic E-state index is 11.2. The van der Waals surface area contributed by atoms with Gasteiger partial charge in [-0.05, 0) is 31.2 Å². The number of sulfonamides is 1. The van der Waals surface area contributed by atoms with Gasteiger partial charge >= 0.3 is 0 Å². The van der Waals surface area contributed by atoms with Crippen LogP contribution in [0.25, 0.3) is 0 Å². The topological polar surface area (TPSA) is 106 Å². The predicted octanol–water partition coefficient (Wildman–Crippen LogP) is 2.79. The van der Waals surface area contributed by atoms with Gasteiger partial charge in [-0.3, -0.25) is 4.72 Å². The van der Waals surface area contributed by atoms with Crippen LogP contribution >= 0.6 is 24.0 Å². The number of hydrogen-bond donors (Lipinski definition) is 3. The first-order chi connectivity index (χ1) is 11.8. The second-order valence-electron chi connectivity index (χ2n) is 5.51. The summed E-state index contributed by atoms with van der Waals surface area (Å²) in [5, 5.41) is 3.00. The van der Waals surface area contributed by atoms with Crippen LogP contribution < -0.4 is 20.5 Å². The van der Waals surface area contributed by atoms with Crippen LogP contribution in [0.2, 0.25) is 0 Å². The van der Waals surface area contributed by atoms with Crippen LogP contribution in [-0.2, 0) is 10.0 Å². The number of benzene rings is 2. The van der Waals surface area contributed by atoms with E-state index in [4.69, 9.17) is 10.5 Å². The SMILES string of the molecule is Cc1ccc(NC(N)=NCCOc2cccc(NS(C)(=O)=O)c2)cc1.I. The van der Waals surface area contributed by atoms with Gasteiger partial charge in [0, 0.05) is 11.8 Å². The monoisotopic (exact) mass is 490 g/mol. The molecule has 0 bridgehead atoms. The highest BCUT2D eigenvalue weighted by molar-refractivity contribution is 14.0. The largest absolute Gasteiger partial charge is 0.492 e. The van der Waals surface area contributed by atoms with E-state index < -0.39 is 10.0 Å². The predicted molar refractivity (Wildman–Crippen MR) is 117 cm³/mol. The third kappa shape index (κ3) is 8.39. The zero-order chi connectivity index (χ0) is 18.3. The molecule has 2 aromatic carbocycles. The Bertz CT molecular complexity index is 839. The standard InChI is InChI=1S/C17H22N4O3S.HI/c1-13-6-8-14(9-7-13)20-17(18)19-10-11-24-16-5-3-4-15(12-16)21-25(2,22)23;/h3-9,12,21H,10-11H2,1-2H3,(H3,18,19,20);1H. The third-order valence-electron chi connectivity index (χ3n) is 3.10. The van der Waals surface area contributed by atoms with E-state index in [1.165, 1.54) is 5.56 Å². The Morgan fingerprint density at radius 1 is 1.15 bits per heavy atom. The first kappa shape index (κ1) is 22.0. The number of guanidine groups is 1. The molecule has 0 atom stereocenters. The molecular weight excluding hydrogens is 467 g/mol. The zero-order valence-corrected chi connectivity index (χ0v) is 17.7. The smallest absolute Gasteiger partial charge is 0.229 e.